The summed E-state index contributed by atoms with van der Waals surface area (Å²) in [4.78, 5) is 0. The van der Waals surface area contributed by atoms with Crippen LogP contribution in [0.1, 0.15) is 11.6 Å². The van der Waals surface area contributed by atoms with E-state index in [1.165, 1.54) is 0 Å². The second-order valence-electron chi connectivity index (χ2n) is 4.12. The lowest BCUT2D eigenvalue weighted by atomic mass is 10.0. The molecule has 4 N–H and O–H groups in total. The number of hydrogen-bond donors (Lipinski definition) is 2. The molecule has 4 heteroatoms. The molecule has 0 heterocycles. The van der Waals surface area contributed by atoms with Crippen molar-refractivity contribution >= 4 is 10.8 Å². The molecule has 2 aromatic rings. The minimum atomic E-state index is -0.241. The van der Waals surface area contributed by atoms with Crippen LogP contribution < -0.4 is 20.9 Å². The molecule has 0 aliphatic carbocycles. The van der Waals surface area contributed by atoms with Crippen molar-refractivity contribution in [3.63, 3.8) is 0 Å². The van der Waals surface area contributed by atoms with Crippen molar-refractivity contribution < 1.29 is 9.47 Å². The first kappa shape index (κ1) is 12.7. The lowest BCUT2D eigenvalue weighted by Gasteiger charge is -2.16. The third-order valence-corrected chi connectivity index (χ3v) is 3.06. The maximum absolute atomic E-state index is 6.01. The van der Waals surface area contributed by atoms with Crippen LogP contribution in [0, 0.1) is 0 Å². The predicted octanol–water partition coefficient (Wildman–Crippen LogP) is 1.82. The lowest BCUT2D eigenvalue weighted by molar-refractivity contribution is 0.406. The van der Waals surface area contributed by atoms with E-state index < -0.39 is 0 Å². The summed E-state index contributed by atoms with van der Waals surface area (Å²) in [6, 6.07) is 9.59. The van der Waals surface area contributed by atoms with Crippen molar-refractivity contribution in [3.8, 4) is 11.5 Å². The molecule has 0 radical (unpaired) electrons. The molecular weight excluding hydrogens is 228 g/mol. The summed E-state index contributed by atoms with van der Waals surface area (Å²) in [5, 5.41) is 2.07. The van der Waals surface area contributed by atoms with E-state index in [9.17, 15) is 0 Å². The van der Waals surface area contributed by atoms with E-state index in [0.717, 1.165) is 27.8 Å². The highest BCUT2D eigenvalue weighted by Gasteiger charge is 2.13. The van der Waals surface area contributed by atoms with Gasteiger partial charge in [-0.3, -0.25) is 0 Å². The quantitative estimate of drug-likeness (QED) is 0.863. The Labute approximate surface area is 106 Å². The highest BCUT2D eigenvalue weighted by atomic mass is 16.5. The molecule has 0 saturated heterocycles. The SMILES string of the molecule is COc1cc2cccc(OC)c2cc1C(N)CN. The summed E-state index contributed by atoms with van der Waals surface area (Å²) in [7, 11) is 3.29. The maximum Gasteiger partial charge on any atom is 0.126 e. The monoisotopic (exact) mass is 246 g/mol. The summed E-state index contributed by atoms with van der Waals surface area (Å²) in [5.41, 5.74) is 12.5. The van der Waals surface area contributed by atoms with Gasteiger partial charge < -0.3 is 20.9 Å². The van der Waals surface area contributed by atoms with Gasteiger partial charge in [0.2, 0.25) is 0 Å². The van der Waals surface area contributed by atoms with E-state index in [0.29, 0.717) is 6.54 Å². The topological polar surface area (TPSA) is 70.5 Å². The van der Waals surface area contributed by atoms with Crippen LogP contribution >= 0.6 is 0 Å². The van der Waals surface area contributed by atoms with Crippen molar-refractivity contribution in [2.45, 2.75) is 6.04 Å². The Bertz CT molecular complexity index is 555. The first-order valence-corrected chi connectivity index (χ1v) is 5.81. The van der Waals surface area contributed by atoms with Crippen LogP contribution in [0.4, 0.5) is 0 Å². The number of ether oxygens (including phenoxy) is 2. The molecule has 4 nitrogen and oxygen atoms in total. The fraction of sp³-hybridized carbons (Fsp3) is 0.286. The average molecular weight is 246 g/mol. The van der Waals surface area contributed by atoms with Gasteiger partial charge >= 0.3 is 0 Å². The number of nitrogens with two attached hydrogens (primary N) is 2. The second kappa shape index (κ2) is 5.25. The molecule has 96 valence electrons. The lowest BCUT2D eigenvalue weighted by Crippen LogP contribution is -2.21. The molecule has 0 aliphatic rings. The highest BCUT2D eigenvalue weighted by Crippen LogP contribution is 2.33. The van der Waals surface area contributed by atoms with Crippen molar-refractivity contribution in [2.24, 2.45) is 11.5 Å². The molecule has 2 aromatic carbocycles. The Kier molecular flexibility index (Phi) is 3.69. The van der Waals surface area contributed by atoms with Gasteiger partial charge in [0.1, 0.15) is 11.5 Å². The zero-order chi connectivity index (χ0) is 13.1. The van der Waals surface area contributed by atoms with Crippen LogP contribution in [0.2, 0.25) is 0 Å². The molecule has 0 aromatic heterocycles. The summed E-state index contributed by atoms with van der Waals surface area (Å²) < 4.78 is 10.7. The van der Waals surface area contributed by atoms with E-state index in [4.69, 9.17) is 20.9 Å². The Balaban J connectivity index is 2.69. The summed E-state index contributed by atoms with van der Waals surface area (Å²) in [6.45, 7) is 0.372. The Hall–Kier alpha value is -1.78. The Morgan fingerprint density at radius 3 is 2.44 bits per heavy atom. The van der Waals surface area contributed by atoms with Crippen LogP contribution in [-0.4, -0.2) is 20.8 Å². The molecule has 0 saturated carbocycles. The first-order chi connectivity index (χ1) is 8.71. The Morgan fingerprint density at radius 2 is 1.83 bits per heavy atom. The van der Waals surface area contributed by atoms with Gasteiger partial charge in [-0.1, -0.05) is 12.1 Å². The van der Waals surface area contributed by atoms with Gasteiger partial charge in [0.05, 0.1) is 14.2 Å². The van der Waals surface area contributed by atoms with Gasteiger partial charge in [0.25, 0.3) is 0 Å². The van der Waals surface area contributed by atoms with Crippen LogP contribution in [0.3, 0.4) is 0 Å². The molecule has 2 rings (SSSR count). The van der Waals surface area contributed by atoms with Crippen LogP contribution in [0.5, 0.6) is 11.5 Å². The van der Waals surface area contributed by atoms with Gasteiger partial charge in [-0.15, -0.1) is 0 Å². The van der Waals surface area contributed by atoms with Gasteiger partial charge in [0.15, 0.2) is 0 Å². The van der Waals surface area contributed by atoms with E-state index in [2.05, 4.69) is 0 Å². The zero-order valence-corrected chi connectivity index (χ0v) is 10.6. The standard InChI is InChI=1S/C14H18N2O2/c1-17-13-5-3-4-9-6-14(18-2)11(7-10(9)13)12(16)8-15/h3-7,12H,8,15-16H2,1-2H3. The first-order valence-electron chi connectivity index (χ1n) is 5.81. The average Bonchev–Trinajstić information content (AvgIpc) is 2.44. The summed E-state index contributed by atoms with van der Waals surface area (Å²) >= 11 is 0. The van der Waals surface area contributed by atoms with Gasteiger partial charge in [0, 0.05) is 23.5 Å². The third kappa shape index (κ3) is 2.12. The normalized spacial score (nSPS) is 12.4. The van der Waals surface area contributed by atoms with Crippen molar-refractivity contribution in [2.75, 3.05) is 20.8 Å². The zero-order valence-electron chi connectivity index (χ0n) is 10.6. The fourth-order valence-corrected chi connectivity index (χ4v) is 2.06. The third-order valence-electron chi connectivity index (χ3n) is 3.06. The number of rotatable bonds is 4. The summed E-state index contributed by atoms with van der Waals surface area (Å²) in [6.07, 6.45) is 0. The largest absolute Gasteiger partial charge is 0.496 e. The highest BCUT2D eigenvalue weighted by molar-refractivity contribution is 5.90. The smallest absolute Gasteiger partial charge is 0.126 e. The number of methoxy groups -OCH3 is 2. The molecule has 0 bridgehead atoms. The van der Waals surface area contributed by atoms with E-state index in [1.807, 2.05) is 30.3 Å². The molecule has 1 unspecified atom stereocenters. The second-order valence-corrected chi connectivity index (χ2v) is 4.12. The molecule has 0 aliphatic heterocycles. The van der Waals surface area contributed by atoms with E-state index in [1.54, 1.807) is 14.2 Å². The predicted molar refractivity (Wildman–Crippen MR) is 73.0 cm³/mol. The van der Waals surface area contributed by atoms with E-state index in [-0.39, 0.29) is 6.04 Å². The fourth-order valence-electron chi connectivity index (χ4n) is 2.06. The van der Waals surface area contributed by atoms with Gasteiger partial charge in [-0.2, -0.15) is 0 Å². The molecule has 0 amide bonds. The van der Waals surface area contributed by atoms with Crippen LogP contribution in [-0.2, 0) is 0 Å². The molecule has 1 atom stereocenters. The summed E-state index contributed by atoms with van der Waals surface area (Å²) in [5.74, 6) is 1.58. The number of fused-ring (bicyclic) bond motifs is 1. The van der Waals surface area contributed by atoms with Crippen LogP contribution in [0.15, 0.2) is 30.3 Å². The molecular formula is C14H18N2O2. The van der Waals surface area contributed by atoms with Gasteiger partial charge in [-0.05, 0) is 23.6 Å². The van der Waals surface area contributed by atoms with Gasteiger partial charge in [-0.25, -0.2) is 0 Å². The number of benzene rings is 2. The van der Waals surface area contributed by atoms with Crippen molar-refractivity contribution in [3.05, 3.63) is 35.9 Å². The molecule has 0 fully saturated rings. The van der Waals surface area contributed by atoms with Crippen molar-refractivity contribution in [1.29, 1.82) is 0 Å². The minimum absolute atomic E-state index is 0.241. The molecule has 18 heavy (non-hydrogen) atoms. The van der Waals surface area contributed by atoms with E-state index >= 15 is 0 Å². The Morgan fingerprint density at radius 1 is 1.11 bits per heavy atom. The van der Waals surface area contributed by atoms with Crippen molar-refractivity contribution in [1.82, 2.24) is 0 Å². The number of hydrogen-bond acceptors (Lipinski definition) is 4. The minimum Gasteiger partial charge on any atom is -0.496 e. The molecule has 0 spiro atoms. The van der Waals surface area contributed by atoms with Crippen LogP contribution in [0.25, 0.3) is 10.8 Å². The maximum atomic E-state index is 6.01.